The van der Waals surface area contributed by atoms with Crippen molar-refractivity contribution in [1.29, 1.82) is 0 Å². The number of pyridine rings is 1. The van der Waals surface area contributed by atoms with Gasteiger partial charge in [-0.25, -0.2) is 0 Å². The molecule has 1 heterocycles. The molecular formula is C17H24N2. The Hall–Kier alpha value is -1.57. The normalized spacial score (nSPS) is 11.3. The molecule has 102 valence electrons. The first-order valence-electron chi connectivity index (χ1n) is 7.19. The van der Waals surface area contributed by atoms with Gasteiger partial charge in [0.05, 0.1) is 5.52 Å². The predicted molar refractivity (Wildman–Crippen MR) is 84.1 cm³/mol. The van der Waals surface area contributed by atoms with Gasteiger partial charge in [0.25, 0.3) is 0 Å². The van der Waals surface area contributed by atoms with E-state index in [1.165, 1.54) is 28.6 Å². The van der Waals surface area contributed by atoms with E-state index in [1.807, 2.05) is 7.05 Å². The quantitative estimate of drug-likeness (QED) is 0.860. The fourth-order valence-corrected chi connectivity index (χ4v) is 2.87. The molecule has 2 rings (SSSR count). The highest BCUT2D eigenvalue weighted by molar-refractivity contribution is 5.94. The smallest absolute Gasteiger partial charge is 0.0726 e. The van der Waals surface area contributed by atoms with Crippen LogP contribution in [0.1, 0.15) is 49.9 Å². The second-order valence-corrected chi connectivity index (χ2v) is 5.49. The van der Waals surface area contributed by atoms with Crippen LogP contribution in [-0.2, 0) is 6.42 Å². The van der Waals surface area contributed by atoms with Crippen molar-refractivity contribution in [3.8, 4) is 0 Å². The van der Waals surface area contributed by atoms with Gasteiger partial charge in [0.1, 0.15) is 0 Å². The molecule has 2 aromatic rings. The van der Waals surface area contributed by atoms with Crippen LogP contribution in [-0.4, -0.2) is 12.0 Å². The molecule has 0 atom stereocenters. The Bertz CT molecular complexity index is 585. The summed E-state index contributed by atoms with van der Waals surface area (Å²) in [6, 6.07) is 6.65. The van der Waals surface area contributed by atoms with Crippen molar-refractivity contribution >= 4 is 16.6 Å². The molecule has 0 spiro atoms. The van der Waals surface area contributed by atoms with Gasteiger partial charge >= 0.3 is 0 Å². The van der Waals surface area contributed by atoms with E-state index in [0.717, 1.165) is 17.6 Å². The number of benzene rings is 1. The third kappa shape index (κ3) is 2.58. The van der Waals surface area contributed by atoms with Gasteiger partial charge < -0.3 is 5.32 Å². The molecular weight excluding hydrogens is 232 g/mol. The third-order valence-electron chi connectivity index (χ3n) is 3.64. The summed E-state index contributed by atoms with van der Waals surface area (Å²) in [5.74, 6) is 0.481. The van der Waals surface area contributed by atoms with Crippen molar-refractivity contribution in [2.75, 3.05) is 12.4 Å². The average Bonchev–Trinajstić information content (AvgIpc) is 2.37. The van der Waals surface area contributed by atoms with Crippen molar-refractivity contribution < 1.29 is 0 Å². The van der Waals surface area contributed by atoms with Crippen LogP contribution in [0.15, 0.2) is 18.2 Å². The molecule has 0 amide bonds. The molecule has 0 unspecified atom stereocenters. The Morgan fingerprint density at radius 3 is 2.58 bits per heavy atom. The number of fused-ring (bicyclic) bond motifs is 1. The van der Waals surface area contributed by atoms with Crippen LogP contribution < -0.4 is 5.32 Å². The lowest BCUT2D eigenvalue weighted by molar-refractivity contribution is 0.849. The molecule has 2 heteroatoms. The number of aromatic nitrogens is 1. The number of nitrogens with zero attached hydrogens (tertiary/aromatic N) is 1. The Morgan fingerprint density at radius 1 is 1.26 bits per heavy atom. The van der Waals surface area contributed by atoms with Gasteiger partial charge in [-0.1, -0.05) is 33.3 Å². The van der Waals surface area contributed by atoms with Crippen LogP contribution in [0.5, 0.6) is 0 Å². The fourth-order valence-electron chi connectivity index (χ4n) is 2.87. The lowest BCUT2D eigenvalue weighted by Gasteiger charge is -2.18. The summed E-state index contributed by atoms with van der Waals surface area (Å²) in [6.45, 7) is 8.78. The van der Waals surface area contributed by atoms with Crippen molar-refractivity contribution in [2.45, 2.75) is 46.5 Å². The van der Waals surface area contributed by atoms with Crippen LogP contribution in [0.25, 0.3) is 10.9 Å². The molecule has 1 aromatic heterocycles. The highest BCUT2D eigenvalue weighted by Gasteiger charge is 2.14. The molecule has 0 aliphatic rings. The number of rotatable bonds is 4. The van der Waals surface area contributed by atoms with Gasteiger partial charge in [-0.15, -0.1) is 0 Å². The molecule has 0 bridgehead atoms. The Morgan fingerprint density at radius 2 is 2.00 bits per heavy atom. The lowest BCUT2D eigenvalue weighted by atomic mass is 9.95. The molecule has 1 aromatic carbocycles. The highest BCUT2D eigenvalue weighted by atomic mass is 14.8. The molecule has 1 N–H and O–H groups in total. The van der Waals surface area contributed by atoms with Crippen LogP contribution in [0.2, 0.25) is 0 Å². The van der Waals surface area contributed by atoms with Gasteiger partial charge in [0, 0.05) is 23.8 Å². The summed E-state index contributed by atoms with van der Waals surface area (Å²) in [5, 5.41) is 4.64. The maximum Gasteiger partial charge on any atom is 0.0726 e. The van der Waals surface area contributed by atoms with E-state index in [0.29, 0.717) is 5.92 Å². The third-order valence-corrected chi connectivity index (χ3v) is 3.64. The highest BCUT2D eigenvalue weighted by Crippen LogP contribution is 2.33. The number of hydrogen-bond donors (Lipinski definition) is 1. The summed E-state index contributed by atoms with van der Waals surface area (Å²) >= 11 is 0. The number of aryl methyl sites for hydroxylation is 2. The summed E-state index contributed by atoms with van der Waals surface area (Å²) < 4.78 is 0. The number of nitrogens with one attached hydrogen (secondary N) is 1. The maximum absolute atomic E-state index is 4.77. The first kappa shape index (κ1) is 13.9. The van der Waals surface area contributed by atoms with Crippen molar-refractivity contribution in [2.24, 2.45) is 0 Å². The molecule has 0 fully saturated rings. The van der Waals surface area contributed by atoms with E-state index in [2.05, 4.69) is 51.2 Å². The zero-order valence-corrected chi connectivity index (χ0v) is 12.7. The van der Waals surface area contributed by atoms with Gasteiger partial charge in [-0.2, -0.15) is 0 Å². The van der Waals surface area contributed by atoms with Gasteiger partial charge in [0.15, 0.2) is 0 Å². The molecule has 0 saturated carbocycles. The number of anilines is 1. The number of hydrogen-bond acceptors (Lipinski definition) is 2. The summed E-state index contributed by atoms with van der Waals surface area (Å²) in [6.07, 6.45) is 2.31. The van der Waals surface area contributed by atoms with E-state index in [1.54, 1.807) is 0 Å². The zero-order valence-electron chi connectivity index (χ0n) is 12.7. The Balaban J connectivity index is 2.73. The largest absolute Gasteiger partial charge is 0.387 e. The molecule has 19 heavy (non-hydrogen) atoms. The predicted octanol–water partition coefficient (Wildman–Crippen LogP) is 4.66. The van der Waals surface area contributed by atoms with Crippen molar-refractivity contribution in [3.05, 3.63) is 35.0 Å². The van der Waals surface area contributed by atoms with E-state index >= 15 is 0 Å². The summed E-state index contributed by atoms with van der Waals surface area (Å²) in [7, 11) is 2.01. The van der Waals surface area contributed by atoms with Crippen LogP contribution in [0.4, 0.5) is 5.69 Å². The molecule has 0 saturated heterocycles. The van der Waals surface area contributed by atoms with Crippen LogP contribution >= 0.6 is 0 Å². The second kappa shape index (κ2) is 5.60. The van der Waals surface area contributed by atoms with E-state index in [4.69, 9.17) is 4.98 Å². The minimum Gasteiger partial charge on any atom is -0.387 e. The van der Waals surface area contributed by atoms with Crippen LogP contribution in [0, 0.1) is 6.92 Å². The fraction of sp³-hybridized carbons (Fsp3) is 0.471. The Kier molecular flexibility index (Phi) is 4.08. The molecule has 0 aliphatic carbocycles. The molecule has 0 radical (unpaired) electrons. The van der Waals surface area contributed by atoms with E-state index in [-0.39, 0.29) is 0 Å². The zero-order chi connectivity index (χ0) is 14.0. The average molecular weight is 256 g/mol. The monoisotopic (exact) mass is 256 g/mol. The van der Waals surface area contributed by atoms with Crippen molar-refractivity contribution in [3.63, 3.8) is 0 Å². The lowest BCUT2D eigenvalue weighted by Crippen LogP contribution is -2.04. The van der Waals surface area contributed by atoms with E-state index < -0.39 is 0 Å². The Labute approximate surface area is 116 Å². The topological polar surface area (TPSA) is 24.9 Å². The summed E-state index contributed by atoms with van der Waals surface area (Å²) in [4.78, 5) is 4.77. The van der Waals surface area contributed by atoms with Gasteiger partial charge in [-0.05, 0) is 42.5 Å². The van der Waals surface area contributed by atoms with Gasteiger partial charge in [0.2, 0.25) is 0 Å². The van der Waals surface area contributed by atoms with E-state index in [9.17, 15) is 0 Å². The van der Waals surface area contributed by atoms with Crippen LogP contribution in [0.3, 0.4) is 0 Å². The standard InChI is InChI=1S/C17H24N2/c1-6-7-13-8-9-15-14(10-13)17(18-5)16(11(2)3)12(4)19-15/h8-11H,6-7H2,1-5H3,(H,18,19). The molecule has 0 aliphatic heterocycles. The first-order valence-corrected chi connectivity index (χ1v) is 7.19. The maximum atomic E-state index is 4.77. The SMILES string of the molecule is CCCc1ccc2nc(C)c(C(C)C)c(NC)c2c1. The minimum atomic E-state index is 0.481. The first-order chi connectivity index (χ1) is 9.08. The summed E-state index contributed by atoms with van der Waals surface area (Å²) in [5.41, 5.74) is 6.20. The van der Waals surface area contributed by atoms with Crippen molar-refractivity contribution in [1.82, 2.24) is 4.98 Å². The minimum absolute atomic E-state index is 0.481. The second-order valence-electron chi connectivity index (χ2n) is 5.49. The van der Waals surface area contributed by atoms with Gasteiger partial charge in [-0.3, -0.25) is 4.98 Å². The molecule has 2 nitrogen and oxygen atoms in total.